The smallest absolute Gasteiger partial charge is 0.253 e. The molecule has 3 aromatic rings. The van der Waals surface area contributed by atoms with Crippen LogP contribution in [0.15, 0.2) is 72.8 Å². The Morgan fingerprint density at radius 1 is 0.864 bits per heavy atom. The van der Waals surface area contributed by atoms with E-state index in [4.69, 9.17) is 9.47 Å². The lowest BCUT2D eigenvalue weighted by molar-refractivity contribution is -0.115. The van der Waals surface area contributed by atoms with Crippen molar-refractivity contribution in [2.75, 3.05) is 38.8 Å². The second kappa shape index (κ2) is 16.6. The summed E-state index contributed by atoms with van der Waals surface area (Å²) >= 11 is 0. The maximum atomic E-state index is 13.7. The Morgan fingerprint density at radius 2 is 1.52 bits per heavy atom. The van der Waals surface area contributed by atoms with Gasteiger partial charge in [-0.15, -0.1) is 0 Å². The van der Waals surface area contributed by atoms with Gasteiger partial charge in [-0.05, 0) is 48.7 Å². The molecule has 3 aromatic carbocycles. The first kappa shape index (κ1) is 34.4. The highest BCUT2D eigenvalue weighted by Crippen LogP contribution is 2.47. The molecule has 3 rings (SSSR count). The Kier molecular flexibility index (Phi) is 13.0. The van der Waals surface area contributed by atoms with Gasteiger partial charge in [0, 0.05) is 55.0 Å². The van der Waals surface area contributed by atoms with Crippen LogP contribution >= 0.6 is 7.37 Å². The molecule has 0 aliphatic rings. The van der Waals surface area contributed by atoms with Gasteiger partial charge in [-0.25, -0.2) is 0 Å². The molecule has 0 heterocycles. The average molecular weight is 624 g/mol. The quantitative estimate of drug-likeness (QED) is 0.178. The molecule has 0 aliphatic carbocycles. The average Bonchev–Trinajstić information content (AvgIpc) is 3.03. The molecule has 0 saturated carbocycles. The Morgan fingerprint density at radius 3 is 2.16 bits per heavy atom. The highest BCUT2D eigenvalue weighted by molar-refractivity contribution is 7.58. The van der Waals surface area contributed by atoms with Gasteiger partial charge >= 0.3 is 0 Å². The lowest BCUT2D eigenvalue weighted by atomic mass is 10.1. The van der Waals surface area contributed by atoms with Gasteiger partial charge in [0.1, 0.15) is 5.78 Å². The molecule has 0 bridgehead atoms. The predicted octanol–water partition coefficient (Wildman–Crippen LogP) is 5.56. The van der Waals surface area contributed by atoms with Crippen LogP contribution in [0.25, 0.3) is 0 Å². The number of nitrogens with one attached hydrogen (secondary N) is 2. The Bertz CT molecular complexity index is 1460. The van der Waals surface area contributed by atoms with Crippen molar-refractivity contribution in [2.24, 2.45) is 0 Å². The third-order valence-electron chi connectivity index (χ3n) is 7.03. The lowest BCUT2D eigenvalue weighted by Crippen LogP contribution is -2.37. The normalized spacial score (nSPS) is 12.8. The first-order valence-corrected chi connectivity index (χ1v) is 16.6. The van der Waals surface area contributed by atoms with Crippen LogP contribution < -0.4 is 20.1 Å². The van der Waals surface area contributed by atoms with E-state index in [2.05, 4.69) is 10.6 Å². The zero-order valence-corrected chi connectivity index (χ0v) is 26.6. The number of carbonyl (C=O) groups excluding carboxylic acids is 3. The van der Waals surface area contributed by atoms with Crippen LogP contribution in [0.2, 0.25) is 0 Å². The SMILES string of the molecule is CCCN(CCC)C(=O)c1cccc(C(=O)NC(Cc2ccccc2)P(=O)(O)CCC(=O)Nc2ccc(OC)c(OC)c2)c1. The van der Waals surface area contributed by atoms with E-state index in [-0.39, 0.29) is 30.5 Å². The number of nitrogens with zero attached hydrogens (tertiary/aromatic N) is 1. The molecule has 3 amide bonds. The van der Waals surface area contributed by atoms with Crippen LogP contribution in [0.5, 0.6) is 11.5 Å². The fourth-order valence-corrected chi connectivity index (χ4v) is 6.40. The summed E-state index contributed by atoms with van der Waals surface area (Å²) in [4.78, 5) is 52.2. The molecule has 0 fully saturated rings. The van der Waals surface area contributed by atoms with Gasteiger partial charge in [0.2, 0.25) is 13.3 Å². The number of rotatable bonds is 16. The number of methoxy groups -OCH3 is 2. The summed E-state index contributed by atoms with van der Waals surface area (Å²) in [6, 6.07) is 20.3. The molecule has 10 nitrogen and oxygen atoms in total. The molecule has 2 atom stereocenters. The molecular weight excluding hydrogens is 581 g/mol. The van der Waals surface area contributed by atoms with Crippen molar-refractivity contribution >= 4 is 30.8 Å². The van der Waals surface area contributed by atoms with E-state index in [1.165, 1.54) is 20.3 Å². The molecule has 3 N–H and O–H groups in total. The predicted molar refractivity (Wildman–Crippen MR) is 172 cm³/mol. The molecule has 11 heteroatoms. The second-order valence-corrected chi connectivity index (χ2v) is 13.0. The third-order valence-corrected chi connectivity index (χ3v) is 9.18. The number of hydrogen-bond donors (Lipinski definition) is 3. The first-order chi connectivity index (χ1) is 21.1. The molecule has 0 saturated heterocycles. The fraction of sp³-hybridized carbons (Fsp3) is 0.364. The Labute approximate surface area is 259 Å². The van der Waals surface area contributed by atoms with Crippen LogP contribution in [0.4, 0.5) is 5.69 Å². The summed E-state index contributed by atoms with van der Waals surface area (Å²) in [6.45, 7) is 5.21. The zero-order valence-electron chi connectivity index (χ0n) is 25.7. The van der Waals surface area contributed by atoms with Crippen molar-refractivity contribution in [3.8, 4) is 11.5 Å². The van der Waals surface area contributed by atoms with Crippen molar-refractivity contribution in [3.63, 3.8) is 0 Å². The number of hydrogen-bond acceptors (Lipinski definition) is 6. The summed E-state index contributed by atoms with van der Waals surface area (Å²) in [5, 5.41) is 5.44. The lowest BCUT2D eigenvalue weighted by Gasteiger charge is -2.25. The second-order valence-electron chi connectivity index (χ2n) is 10.4. The van der Waals surface area contributed by atoms with E-state index in [0.717, 1.165) is 18.4 Å². The van der Waals surface area contributed by atoms with Crippen LogP contribution in [0, 0.1) is 0 Å². The summed E-state index contributed by atoms with van der Waals surface area (Å²) < 4.78 is 24.2. The monoisotopic (exact) mass is 623 g/mol. The minimum absolute atomic E-state index is 0.0804. The summed E-state index contributed by atoms with van der Waals surface area (Å²) in [6.07, 6.45) is 1.09. The van der Waals surface area contributed by atoms with Crippen LogP contribution in [-0.4, -0.2) is 66.8 Å². The maximum absolute atomic E-state index is 13.7. The van der Waals surface area contributed by atoms with Gasteiger partial charge in [-0.2, -0.15) is 0 Å². The molecule has 0 aliphatic heterocycles. The molecule has 0 radical (unpaired) electrons. The van der Waals surface area contributed by atoms with Crippen LogP contribution in [-0.2, 0) is 15.8 Å². The molecule has 0 spiro atoms. The number of amides is 3. The van der Waals surface area contributed by atoms with Crippen molar-refractivity contribution in [2.45, 2.75) is 45.3 Å². The minimum atomic E-state index is -4.11. The summed E-state index contributed by atoms with van der Waals surface area (Å²) in [5.41, 5.74) is 1.77. The van der Waals surface area contributed by atoms with E-state index in [1.807, 2.05) is 19.9 Å². The van der Waals surface area contributed by atoms with Crippen LogP contribution in [0.3, 0.4) is 0 Å². The van der Waals surface area contributed by atoms with E-state index < -0.39 is 25.0 Å². The highest BCUT2D eigenvalue weighted by atomic mass is 31.2. The topological polar surface area (TPSA) is 134 Å². The minimum Gasteiger partial charge on any atom is -0.493 e. The van der Waals surface area contributed by atoms with E-state index >= 15 is 0 Å². The van der Waals surface area contributed by atoms with E-state index in [9.17, 15) is 23.8 Å². The van der Waals surface area contributed by atoms with E-state index in [1.54, 1.807) is 65.6 Å². The third kappa shape index (κ3) is 9.69. The molecule has 2 unspecified atom stereocenters. The number of carbonyl (C=O) groups is 3. The Hall–Kier alpha value is -4.14. The van der Waals surface area contributed by atoms with Crippen LogP contribution in [0.1, 0.15) is 59.4 Å². The Balaban J connectivity index is 1.76. The van der Waals surface area contributed by atoms with Gasteiger partial charge in [0.25, 0.3) is 11.8 Å². The molecule has 236 valence electrons. The number of anilines is 1. The first-order valence-electron chi connectivity index (χ1n) is 14.7. The van der Waals surface area contributed by atoms with Gasteiger partial charge < -0.3 is 29.9 Å². The van der Waals surface area contributed by atoms with Crippen molar-refractivity contribution in [3.05, 3.63) is 89.5 Å². The van der Waals surface area contributed by atoms with Crippen molar-refractivity contribution in [1.29, 1.82) is 0 Å². The summed E-state index contributed by atoms with van der Waals surface area (Å²) in [5.74, 6) is -1.45. The van der Waals surface area contributed by atoms with Gasteiger partial charge in [-0.3, -0.25) is 18.9 Å². The molecular formula is C33H42N3O7P. The molecule has 0 aromatic heterocycles. The van der Waals surface area contributed by atoms with Gasteiger partial charge in [0.05, 0.1) is 14.2 Å². The van der Waals surface area contributed by atoms with Gasteiger partial charge in [0.15, 0.2) is 11.5 Å². The van der Waals surface area contributed by atoms with Gasteiger partial charge in [-0.1, -0.05) is 50.2 Å². The largest absolute Gasteiger partial charge is 0.493 e. The number of benzene rings is 3. The standard InChI is InChI=1S/C33H42N3O7P/c1-5-18-36(19-6-2)33(39)26-14-10-13-25(22-26)32(38)35-31(21-24-11-8-7-9-12-24)44(40,41)20-17-30(37)34-27-15-16-28(42-3)29(23-27)43-4/h7-16,22-23,31H,5-6,17-21H2,1-4H3,(H,34,37)(H,35,38)(H,40,41). The summed E-state index contributed by atoms with van der Waals surface area (Å²) in [7, 11) is -1.12. The maximum Gasteiger partial charge on any atom is 0.253 e. The zero-order chi connectivity index (χ0) is 32.1. The van der Waals surface area contributed by atoms with Crippen molar-refractivity contribution < 1.29 is 33.3 Å². The van der Waals surface area contributed by atoms with Crippen molar-refractivity contribution in [1.82, 2.24) is 10.2 Å². The highest BCUT2D eigenvalue weighted by Gasteiger charge is 2.33. The van der Waals surface area contributed by atoms with E-state index in [0.29, 0.717) is 35.8 Å². The fourth-order valence-electron chi connectivity index (χ4n) is 4.75. The number of ether oxygens (including phenoxy) is 2. The molecule has 44 heavy (non-hydrogen) atoms.